The van der Waals surface area contributed by atoms with Crippen molar-refractivity contribution in [3.05, 3.63) is 29.8 Å². The van der Waals surface area contributed by atoms with Crippen LogP contribution >= 0.6 is 0 Å². The predicted octanol–water partition coefficient (Wildman–Crippen LogP) is 0.669. The van der Waals surface area contributed by atoms with Crippen molar-refractivity contribution in [3.8, 4) is 5.75 Å². The Morgan fingerprint density at radius 3 is 2.38 bits per heavy atom. The highest BCUT2D eigenvalue weighted by Crippen LogP contribution is 2.26. The zero-order valence-electron chi connectivity index (χ0n) is 11.7. The van der Waals surface area contributed by atoms with Crippen molar-refractivity contribution in [3.63, 3.8) is 0 Å². The normalized spacial score (nSPS) is 18.9. The maximum Gasteiger partial charge on any atom is 0.257 e. The molecule has 6 nitrogen and oxygen atoms in total. The number of nitrogens with zero attached hydrogens (tertiary/aromatic N) is 2. The van der Waals surface area contributed by atoms with Crippen LogP contribution < -0.4 is 4.74 Å². The van der Waals surface area contributed by atoms with Crippen LogP contribution in [0.15, 0.2) is 24.3 Å². The molecule has 0 aromatic heterocycles. The molecule has 0 spiro atoms. The molecule has 21 heavy (non-hydrogen) atoms. The number of benzene rings is 1. The average molecular weight is 288 g/mol. The fourth-order valence-electron chi connectivity index (χ4n) is 2.78. The van der Waals surface area contributed by atoms with Gasteiger partial charge in [-0.05, 0) is 12.1 Å². The Labute approximate surface area is 122 Å². The molecule has 0 atom stereocenters. The molecule has 2 fully saturated rings. The minimum Gasteiger partial charge on any atom is -0.496 e. The van der Waals surface area contributed by atoms with Crippen LogP contribution in [0.5, 0.6) is 5.75 Å². The standard InChI is InChI=1S/C15H16N2O4/c1-21-12-5-3-2-4-11(12)15(20)16-8-10(9-16)17-13(18)6-7-14(17)19/h2-5,10H,6-9H2,1H3. The van der Waals surface area contributed by atoms with Gasteiger partial charge in [-0.25, -0.2) is 0 Å². The number of para-hydroxylation sites is 1. The van der Waals surface area contributed by atoms with Crippen molar-refractivity contribution in [2.45, 2.75) is 18.9 Å². The van der Waals surface area contributed by atoms with E-state index in [-0.39, 0.29) is 36.6 Å². The summed E-state index contributed by atoms with van der Waals surface area (Å²) in [5, 5.41) is 0. The summed E-state index contributed by atoms with van der Waals surface area (Å²) in [4.78, 5) is 38.6. The lowest BCUT2D eigenvalue weighted by atomic mass is 10.0. The molecule has 3 amide bonds. The molecule has 2 aliphatic rings. The molecule has 2 heterocycles. The molecule has 6 heteroatoms. The summed E-state index contributed by atoms with van der Waals surface area (Å²) >= 11 is 0. The zero-order chi connectivity index (χ0) is 15.0. The van der Waals surface area contributed by atoms with Crippen LogP contribution in [-0.4, -0.2) is 53.8 Å². The first kappa shape index (κ1) is 13.6. The van der Waals surface area contributed by atoms with Gasteiger partial charge in [0.05, 0.1) is 18.7 Å². The van der Waals surface area contributed by atoms with E-state index in [1.54, 1.807) is 29.2 Å². The van der Waals surface area contributed by atoms with Crippen LogP contribution in [0.25, 0.3) is 0 Å². The molecule has 110 valence electrons. The minimum atomic E-state index is -0.175. The van der Waals surface area contributed by atoms with Crippen molar-refractivity contribution in [2.24, 2.45) is 0 Å². The largest absolute Gasteiger partial charge is 0.496 e. The number of likely N-dealkylation sites (tertiary alicyclic amines) is 2. The highest BCUT2D eigenvalue weighted by molar-refractivity contribution is 6.03. The van der Waals surface area contributed by atoms with E-state index >= 15 is 0 Å². The molecule has 0 saturated carbocycles. The first-order chi connectivity index (χ1) is 10.1. The summed E-state index contributed by atoms with van der Waals surface area (Å²) in [6, 6.07) is 6.85. The Morgan fingerprint density at radius 2 is 1.76 bits per heavy atom. The molecule has 2 aliphatic heterocycles. The molecule has 2 saturated heterocycles. The number of ether oxygens (including phenoxy) is 1. The molecule has 1 aromatic carbocycles. The molecule has 0 radical (unpaired) electrons. The van der Waals surface area contributed by atoms with Gasteiger partial charge < -0.3 is 9.64 Å². The number of carbonyl (C=O) groups is 3. The zero-order valence-corrected chi connectivity index (χ0v) is 11.7. The molecule has 3 rings (SSSR count). The van der Waals surface area contributed by atoms with Crippen LogP contribution in [0.2, 0.25) is 0 Å². The van der Waals surface area contributed by atoms with Gasteiger partial charge in [0.2, 0.25) is 11.8 Å². The smallest absolute Gasteiger partial charge is 0.257 e. The third-order valence-electron chi connectivity index (χ3n) is 3.94. The molecule has 0 N–H and O–H groups in total. The summed E-state index contributed by atoms with van der Waals surface area (Å²) < 4.78 is 5.18. The van der Waals surface area contributed by atoms with Crippen molar-refractivity contribution in [1.82, 2.24) is 9.80 Å². The lowest BCUT2D eigenvalue weighted by Gasteiger charge is -2.43. The molecular weight excluding hydrogens is 272 g/mol. The van der Waals surface area contributed by atoms with Gasteiger partial charge in [-0.3, -0.25) is 19.3 Å². The topological polar surface area (TPSA) is 66.9 Å². The van der Waals surface area contributed by atoms with E-state index in [2.05, 4.69) is 0 Å². The van der Waals surface area contributed by atoms with E-state index < -0.39 is 0 Å². The average Bonchev–Trinajstić information content (AvgIpc) is 2.77. The van der Waals surface area contributed by atoms with Crippen molar-refractivity contribution in [2.75, 3.05) is 20.2 Å². The van der Waals surface area contributed by atoms with Gasteiger partial charge in [-0.15, -0.1) is 0 Å². The number of hydrogen-bond acceptors (Lipinski definition) is 4. The van der Waals surface area contributed by atoms with Crippen molar-refractivity contribution < 1.29 is 19.1 Å². The summed E-state index contributed by atoms with van der Waals surface area (Å²) in [5.74, 6) is 0.130. The van der Waals surface area contributed by atoms with Gasteiger partial charge in [-0.1, -0.05) is 12.1 Å². The Kier molecular flexibility index (Phi) is 3.37. The SMILES string of the molecule is COc1ccccc1C(=O)N1CC(N2C(=O)CCC2=O)C1. The Balaban J connectivity index is 1.67. The summed E-state index contributed by atoms with van der Waals surface area (Å²) in [7, 11) is 1.52. The van der Waals surface area contributed by atoms with Gasteiger partial charge in [-0.2, -0.15) is 0 Å². The fourth-order valence-corrected chi connectivity index (χ4v) is 2.78. The number of amides is 3. The highest BCUT2D eigenvalue weighted by atomic mass is 16.5. The minimum absolute atomic E-state index is 0.130. The van der Waals surface area contributed by atoms with Crippen LogP contribution in [0.3, 0.4) is 0 Å². The van der Waals surface area contributed by atoms with Gasteiger partial charge in [0, 0.05) is 25.9 Å². The lowest BCUT2D eigenvalue weighted by Crippen LogP contribution is -2.62. The number of methoxy groups -OCH3 is 1. The molecule has 0 aliphatic carbocycles. The molecule has 1 aromatic rings. The predicted molar refractivity (Wildman–Crippen MR) is 73.8 cm³/mol. The first-order valence-electron chi connectivity index (χ1n) is 6.89. The Morgan fingerprint density at radius 1 is 1.14 bits per heavy atom. The van der Waals surface area contributed by atoms with Gasteiger partial charge in [0.1, 0.15) is 5.75 Å². The van der Waals surface area contributed by atoms with Gasteiger partial charge >= 0.3 is 0 Å². The van der Waals surface area contributed by atoms with Crippen LogP contribution in [0.1, 0.15) is 23.2 Å². The van der Waals surface area contributed by atoms with Crippen LogP contribution in [0, 0.1) is 0 Å². The van der Waals surface area contributed by atoms with Crippen molar-refractivity contribution in [1.29, 1.82) is 0 Å². The van der Waals surface area contributed by atoms with E-state index in [0.29, 0.717) is 24.4 Å². The quantitative estimate of drug-likeness (QED) is 0.767. The number of hydrogen-bond donors (Lipinski definition) is 0. The van der Waals surface area contributed by atoms with Crippen LogP contribution in [-0.2, 0) is 9.59 Å². The summed E-state index contributed by atoms with van der Waals surface area (Å²) in [6.07, 6.45) is 0.575. The maximum atomic E-state index is 12.4. The Bertz CT molecular complexity index is 591. The first-order valence-corrected chi connectivity index (χ1v) is 6.89. The van der Waals surface area contributed by atoms with E-state index in [0.717, 1.165) is 0 Å². The fraction of sp³-hybridized carbons (Fsp3) is 0.400. The van der Waals surface area contributed by atoms with E-state index in [1.807, 2.05) is 0 Å². The van der Waals surface area contributed by atoms with Gasteiger partial charge in [0.25, 0.3) is 5.91 Å². The highest BCUT2D eigenvalue weighted by Gasteiger charge is 2.43. The molecule has 0 bridgehead atoms. The second-order valence-electron chi connectivity index (χ2n) is 5.22. The lowest BCUT2D eigenvalue weighted by molar-refractivity contribution is -0.144. The monoisotopic (exact) mass is 288 g/mol. The van der Waals surface area contributed by atoms with E-state index in [9.17, 15) is 14.4 Å². The maximum absolute atomic E-state index is 12.4. The summed E-state index contributed by atoms with van der Waals surface area (Å²) in [5.41, 5.74) is 0.498. The molecule has 0 unspecified atom stereocenters. The summed E-state index contributed by atoms with van der Waals surface area (Å²) in [6.45, 7) is 0.794. The van der Waals surface area contributed by atoms with Gasteiger partial charge in [0.15, 0.2) is 0 Å². The third-order valence-corrected chi connectivity index (χ3v) is 3.94. The number of imide groups is 1. The second kappa shape index (κ2) is 5.20. The molecular formula is C15H16N2O4. The Hall–Kier alpha value is -2.37. The van der Waals surface area contributed by atoms with E-state index in [1.165, 1.54) is 12.0 Å². The van der Waals surface area contributed by atoms with E-state index in [4.69, 9.17) is 4.74 Å². The third kappa shape index (κ3) is 2.26. The number of carbonyl (C=O) groups excluding carboxylic acids is 3. The van der Waals surface area contributed by atoms with Crippen LogP contribution in [0.4, 0.5) is 0 Å². The number of rotatable bonds is 3. The van der Waals surface area contributed by atoms with Crippen molar-refractivity contribution >= 4 is 17.7 Å². The second-order valence-corrected chi connectivity index (χ2v) is 5.22.